The molecule has 4 heteroatoms. The molecule has 1 aliphatic heterocycles. The third kappa shape index (κ3) is 3.41. The van der Waals surface area contributed by atoms with E-state index in [4.69, 9.17) is 13.9 Å². The fourth-order valence-electron chi connectivity index (χ4n) is 3.03. The van der Waals surface area contributed by atoms with Crippen LogP contribution >= 0.6 is 0 Å². The van der Waals surface area contributed by atoms with Crippen molar-refractivity contribution in [1.82, 2.24) is 0 Å². The van der Waals surface area contributed by atoms with Crippen LogP contribution in [0.1, 0.15) is 59.1 Å². The van der Waals surface area contributed by atoms with Gasteiger partial charge in [0, 0.05) is 12.1 Å². The lowest BCUT2D eigenvalue weighted by Gasteiger charge is -2.30. The molecule has 26 heavy (non-hydrogen) atoms. The minimum absolute atomic E-state index is 0.351. The van der Waals surface area contributed by atoms with Crippen molar-refractivity contribution in [2.45, 2.75) is 60.0 Å². The number of ether oxygens (including phenoxy) is 2. The van der Waals surface area contributed by atoms with Gasteiger partial charge < -0.3 is 13.9 Å². The molecule has 0 atom stereocenters. The van der Waals surface area contributed by atoms with E-state index in [-0.39, 0.29) is 5.63 Å². The van der Waals surface area contributed by atoms with Crippen LogP contribution in [-0.4, -0.2) is 5.60 Å². The van der Waals surface area contributed by atoms with Gasteiger partial charge in [-0.25, -0.2) is 4.79 Å². The average Bonchev–Trinajstić information content (AvgIpc) is 2.53. The standard InChI is InChI=1S/C22H26O4/c1-7-8-15-11-19(23)25-18-12-17(24-14(4)13(2)3)16-9-10-22(5,6)26-21(16)20(15)18/h9-12H,7-8H2,1-6H3. The molecule has 1 aromatic heterocycles. The van der Waals surface area contributed by atoms with E-state index >= 15 is 0 Å². The van der Waals surface area contributed by atoms with Gasteiger partial charge in [-0.15, -0.1) is 0 Å². The summed E-state index contributed by atoms with van der Waals surface area (Å²) in [6.45, 7) is 12.0. The molecule has 0 aliphatic carbocycles. The molecule has 0 amide bonds. The number of benzene rings is 1. The van der Waals surface area contributed by atoms with E-state index in [2.05, 4.69) is 6.92 Å². The molecular weight excluding hydrogens is 328 g/mol. The van der Waals surface area contributed by atoms with Gasteiger partial charge in [-0.3, -0.25) is 0 Å². The molecule has 3 rings (SSSR count). The van der Waals surface area contributed by atoms with E-state index in [0.717, 1.165) is 46.4 Å². The molecule has 1 aromatic carbocycles. The second-order valence-corrected chi connectivity index (χ2v) is 7.53. The van der Waals surface area contributed by atoms with Crippen molar-refractivity contribution in [3.63, 3.8) is 0 Å². The molecule has 4 nitrogen and oxygen atoms in total. The number of hydrogen-bond acceptors (Lipinski definition) is 4. The maximum atomic E-state index is 12.0. The Balaban J connectivity index is 2.35. The molecular formula is C22H26O4. The first-order valence-corrected chi connectivity index (χ1v) is 9.05. The van der Waals surface area contributed by atoms with E-state index in [9.17, 15) is 4.79 Å². The van der Waals surface area contributed by atoms with Crippen molar-refractivity contribution >= 4 is 17.0 Å². The second kappa shape index (κ2) is 6.67. The SMILES string of the molecule is CCCc1cc(=O)oc2cc(OC(C)=C(C)C)c3c(c12)OC(C)(C)C=C3. The van der Waals surface area contributed by atoms with Crippen LogP contribution in [0.4, 0.5) is 0 Å². The van der Waals surface area contributed by atoms with Crippen molar-refractivity contribution in [3.8, 4) is 11.5 Å². The Hall–Kier alpha value is -2.49. The summed E-state index contributed by atoms with van der Waals surface area (Å²) in [4.78, 5) is 12.0. The second-order valence-electron chi connectivity index (χ2n) is 7.53. The molecule has 0 bridgehead atoms. The van der Waals surface area contributed by atoms with Crippen LogP contribution in [0.2, 0.25) is 0 Å². The maximum Gasteiger partial charge on any atom is 0.336 e. The van der Waals surface area contributed by atoms with Crippen LogP contribution in [0.5, 0.6) is 11.5 Å². The zero-order valence-electron chi connectivity index (χ0n) is 16.4. The molecule has 138 valence electrons. The Kier molecular flexibility index (Phi) is 4.70. The first-order valence-electron chi connectivity index (χ1n) is 9.05. The van der Waals surface area contributed by atoms with Gasteiger partial charge in [-0.1, -0.05) is 13.3 Å². The highest BCUT2D eigenvalue weighted by atomic mass is 16.5. The van der Waals surface area contributed by atoms with Crippen LogP contribution in [0.15, 0.2) is 38.8 Å². The number of rotatable bonds is 4. The molecule has 0 N–H and O–H groups in total. The van der Waals surface area contributed by atoms with Crippen molar-refractivity contribution < 1.29 is 13.9 Å². The summed E-state index contributed by atoms with van der Waals surface area (Å²) in [5.74, 6) is 2.17. The lowest BCUT2D eigenvalue weighted by atomic mass is 9.96. The Bertz CT molecular complexity index is 970. The minimum Gasteiger partial charge on any atom is -0.482 e. The third-order valence-electron chi connectivity index (χ3n) is 4.57. The normalized spacial score (nSPS) is 14.7. The van der Waals surface area contributed by atoms with Gasteiger partial charge >= 0.3 is 5.63 Å². The van der Waals surface area contributed by atoms with E-state index in [1.807, 2.05) is 46.8 Å². The Morgan fingerprint density at radius 2 is 1.92 bits per heavy atom. The van der Waals surface area contributed by atoms with Crippen LogP contribution in [0.3, 0.4) is 0 Å². The van der Waals surface area contributed by atoms with Crippen LogP contribution in [0, 0.1) is 0 Å². The van der Waals surface area contributed by atoms with Crippen molar-refractivity contribution in [3.05, 3.63) is 51.1 Å². The number of allylic oxidation sites excluding steroid dienone is 2. The van der Waals surface area contributed by atoms with E-state index in [1.165, 1.54) is 0 Å². The van der Waals surface area contributed by atoms with E-state index in [0.29, 0.717) is 11.3 Å². The minimum atomic E-state index is -0.441. The van der Waals surface area contributed by atoms with Gasteiger partial charge in [-0.2, -0.15) is 0 Å². The first-order chi connectivity index (χ1) is 12.2. The van der Waals surface area contributed by atoms with Crippen LogP contribution in [0.25, 0.3) is 17.0 Å². The molecule has 0 saturated heterocycles. The largest absolute Gasteiger partial charge is 0.482 e. The lowest BCUT2D eigenvalue weighted by Crippen LogP contribution is -2.28. The molecule has 0 spiro atoms. The third-order valence-corrected chi connectivity index (χ3v) is 4.57. The molecule has 0 saturated carbocycles. The molecule has 0 fully saturated rings. The average molecular weight is 354 g/mol. The van der Waals surface area contributed by atoms with Gasteiger partial charge in [0.05, 0.1) is 16.7 Å². The first kappa shape index (κ1) is 18.3. The maximum absolute atomic E-state index is 12.0. The lowest BCUT2D eigenvalue weighted by molar-refractivity contribution is 0.160. The summed E-state index contributed by atoms with van der Waals surface area (Å²) in [5.41, 5.74) is 2.62. The highest BCUT2D eigenvalue weighted by molar-refractivity contribution is 5.94. The monoisotopic (exact) mass is 354 g/mol. The predicted molar refractivity (Wildman–Crippen MR) is 105 cm³/mol. The highest BCUT2D eigenvalue weighted by Crippen LogP contribution is 2.44. The highest BCUT2D eigenvalue weighted by Gasteiger charge is 2.28. The van der Waals surface area contributed by atoms with E-state index in [1.54, 1.807) is 12.1 Å². The quantitative estimate of drug-likeness (QED) is 0.528. The summed E-state index contributed by atoms with van der Waals surface area (Å²) in [6.07, 6.45) is 5.77. The summed E-state index contributed by atoms with van der Waals surface area (Å²) in [5, 5.41) is 0.862. The van der Waals surface area contributed by atoms with Gasteiger partial charge in [0.2, 0.25) is 0 Å². The zero-order chi connectivity index (χ0) is 19.1. The van der Waals surface area contributed by atoms with Gasteiger partial charge in [0.15, 0.2) is 0 Å². The number of fused-ring (bicyclic) bond motifs is 3. The Morgan fingerprint density at radius 3 is 2.58 bits per heavy atom. The Labute approximate surface area is 154 Å². The molecule has 0 unspecified atom stereocenters. The summed E-state index contributed by atoms with van der Waals surface area (Å²) < 4.78 is 17.9. The molecule has 1 aliphatic rings. The van der Waals surface area contributed by atoms with Crippen molar-refractivity contribution in [1.29, 1.82) is 0 Å². The summed E-state index contributed by atoms with van der Waals surface area (Å²) in [6, 6.07) is 3.37. The fourth-order valence-corrected chi connectivity index (χ4v) is 3.03. The molecule has 2 heterocycles. The van der Waals surface area contributed by atoms with Crippen molar-refractivity contribution in [2.75, 3.05) is 0 Å². The molecule has 2 aromatic rings. The summed E-state index contributed by atoms with van der Waals surface area (Å²) >= 11 is 0. The molecule has 0 radical (unpaired) electrons. The van der Waals surface area contributed by atoms with Crippen molar-refractivity contribution in [2.24, 2.45) is 0 Å². The van der Waals surface area contributed by atoms with E-state index < -0.39 is 5.60 Å². The summed E-state index contributed by atoms with van der Waals surface area (Å²) in [7, 11) is 0. The fraction of sp³-hybridized carbons (Fsp3) is 0.409. The Morgan fingerprint density at radius 1 is 1.19 bits per heavy atom. The number of aryl methyl sites for hydroxylation is 1. The number of hydrogen-bond donors (Lipinski definition) is 0. The van der Waals surface area contributed by atoms with Gasteiger partial charge in [0.1, 0.15) is 22.7 Å². The predicted octanol–water partition coefficient (Wildman–Crippen LogP) is 5.62. The van der Waals surface area contributed by atoms with Crippen LogP contribution < -0.4 is 15.1 Å². The van der Waals surface area contributed by atoms with Gasteiger partial charge in [0.25, 0.3) is 0 Å². The topological polar surface area (TPSA) is 48.7 Å². The zero-order valence-corrected chi connectivity index (χ0v) is 16.4. The van der Waals surface area contributed by atoms with Crippen LogP contribution in [-0.2, 0) is 6.42 Å². The van der Waals surface area contributed by atoms with Gasteiger partial charge in [-0.05, 0) is 64.3 Å². The smallest absolute Gasteiger partial charge is 0.336 e.